The summed E-state index contributed by atoms with van der Waals surface area (Å²) >= 11 is 0. The highest BCUT2D eigenvalue weighted by Crippen LogP contribution is 2.39. The molecule has 31 heavy (non-hydrogen) atoms. The Bertz CT molecular complexity index is 1150. The molecule has 160 valence electrons. The number of alkyl halides is 2. The van der Waals surface area contributed by atoms with Crippen LogP contribution in [0.4, 0.5) is 31.9 Å². The first-order valence-electron chi connectivity index (χ1n) is 9.08. The third-order valence-electron chi connectivity index (χ3n) is 4.88. The Morgan fingerprint density at radius 3 is 2.71 bits per heavy atom. The number of rotatable bonds is 5. The quantitative estimate of drug-likeness (QED) is 0.747. The number of fused-ring (bicyclic) bond motifs is 1. The number of carboxylic acid groups (broad SMARTS) is 1. The van der Waals surface area contributed by atoms with Crippen molar-refractivity contribution >= 4 is 35.0 Å². The summed E-state index contributed by atoms with van der Waals surface area (Å²) in [6.07, 6.45) is 6.24. The molecule has 0 saturated heterocycles. The molecule has 0 unspecified atom stereocenters. The number of carboxylic acids is 1. The standard InChI is InChI=1S/C20H17F2N5O4/c1-26-14-9-23-19(24-13-7-6-11(17(28)29)8-15(13)31-2)25-16(14)27(12-4-3-5-12)10-20(21,22)18(26)30/h3-9H,10H2,1-2H3,(H,28,29)(H,23,24,25). The minimum Gasteiger partial charge on any atom is -0.495 e. The Morgan fingerprint density at radius 2 is 2.10 bits per heavy atom. The van der Waals surface area contributed by atoms with E-state index in [1.165, 1.54) is 43.5 Å². The summed E-state index contributed by atoms with van der Waals surface area (Å²) in [4.78, 5) is 34.0. The summed E-state index contributed by atoms with van der Waals surface area (Å²) in [7, 11) is 2.62. The van der Waals surface area contributed by atoms with Gasteiger partial charge in [0.25, 0.3) is 5.91 Å². The molecule has 1 aromatic heterocycles. The van der Waals surface area contributed by atoms with Gasteiger partial charge in [-0.3, -0.25) is 4.79 Å². The highest BCUT2D eigenvalue weighted by atomic mass is 19.3. The zero-order valence-electron chi connectivity index (χ0n) is 16.5. The Morgan fingerprint density at radius 1 is 1.35 bits per heavy atom. The fourth-order valence-electron chi connectivity index (χ4n) is 3.18. The molecule has 11 heteroatoms. The fraction of sp³-hybridized carbons (Fsp3) is 0.200. The van der Waals surface area contributed by atoms with Gasteiger partial charge in [-0.1, -0.05) is 6.08 Å². The van der Waals surface area contributed by atoms with E-state index in [9.17, 15) is 18.4 Å². The Balaban J connectivity index is 1.75. The lowest BCUT2D eigenvalue weighted by Gasteiger charge is -2.28. The van der Waals surface area contributed by atoms with Gasteiger partial charge in [0.1, 0.15) is 11.4 Å². The summed E-state index contributed by atoms with van der Waals surface area (Å²) in [5.41, 5.74) is 1.02. The molecule has 1 aliphatic heterocycles. The predicted octanol–water partition coefficient (Wildman–Crippen LogP) is 2.80. The molecule has 2 aliphatic rings. The molecule has 9 nitrogen and oxygen atoms in total. The monoisotopic (exact) mass is 429 g/mol. The van der Waals surface area contributed by atoms with E-state index < -0.39 is 24.3 Å². The first kappa shape index (κ1) is 20.3. The van der Waals surface area contributed by atoms with Crippen LogP contribution in [-0.2, 0) is 4.79 Å². The highest BCUT2D eigenvalue weighted by molar-refractivity contribution is 6.02. The second kappa shape index (κ2) is 7.35. The SMILES string of the molecule is COc1cc(C(=O)O)ccc1Nc1ncc2c(n1)N(C1=CC=C1)CC(F)(F)C(=O)N2C. The second-order valence-electron chi connectivity index (χ2n) is 6.85. The number of carbonyl (C=O) groups excluding carboxylic acids is 1. The molecular formula is C20H17F2N5O4. The number of methoxy groups -OCH3 is 1. The lowest BCUT2D eigenvalue weighted by atomic mass is 10.1. The van der Waals surface area contributed by atoms with Crippen molar-refractivity contribution in [2.75, 3.05) is 35.8 Å². The topological polar surface area (TPSA) is 108 Å². The molecule has 0 radical (unpaired) electrons. The van der Waals surface area contributed by atoms with Gasteiger partial charge in [-0.25, -0.2) is 9.78 Å². The first-order valence-corrected chi connectivity index (χ1v) is 9.08. The van der Waals surface area contributed by atoms with Crippen molar-refractivity contribution in [2.24, 2.45) is 0 Å². The number of ether oxygens (including phenoxy) is 1. The van der Waals surface area contributed by atoms with Crippen molar-refractivity contribution in [1.82, 2.24) is 9.97 Å². The van der Waals surface area contributed by atoms with Crippen molar-refractivity contribution in [2.45, 2.75) is 5.92 Å². The van der Waals surface area contributed by atoms with Crippen LogP contribution in [0.15, 0.2) is 48.3 Å². The first-order chi connectivity index (χ1) is 14.7. The van der Waals surface area contributed by atoms with Gasteiger partial charge in [-0.05, 0) is 30.4 Å². The molecule has 4 rings (SSSR count). The lowest BCUT2D eigenvalue weighted by molar-refractivity contribution is -0.140. The summed E-state index contributed by atoms with van der Waals surface area (Å²) in [5, 5.41) is 12.0. The molecule has 0 fully saturated rings. The van der Waals surface area contributed by atoms with E-state index in [2.05, 4.69) is 15.3 Å². The van der Waals surface area contributed by atoms with E-state index >= 15 is 0 Å². The number of nitrogens with zero attached hydrogens (tertiary/aromatic N) is 4. The van der Waals surface area contributed by atoms with Crippen molar-refractivity contribution in [3.8, 4) is 5.75 Å². The number of hydrogen-bond acceptors (Lipinski definition) is 7. The van der Waals surface area contributed by atoms with Crippen molar-refractivity contribution in [1.29, 1.82) is 0 Å². The van der Waals surface area contributed by atoms with Crippen LogP contribution >= 0.6 is 0 Å². The molecule has 0 atom stereocenters. The zero-order chi connectivity index (χ0) is 22.3. The van der Waals surface area contributed by atoms with Crippen LogP contribution in [0.2, 0.25) is 0 Å². The van der Waals surface area contributed by atoms with E-state index in [0.717, 1.165) is 4.90 Å². The van der Waals surface area contributed by atoms with E-state index in [4.69, 9.17) is 9.84 Å². The fourth-order valence-corrected chi connectivity index (χ4v) is 3.18. The van der Waals surface area contributed by atoms with Gasteiger partial charge in [0, 0.05) is 12.7 Å². The van der Waals surface area contributed by atoms with Crippen LogP contribution < -0.4 is 19.9 Å². The minimum absolute atomic E-state index is 0.0301. The van der Waals surface area contributed by atoms with Crippen molar-refractivity contribution in [3.05, 3.63) is 53.9 Å². The van der Waals surface area contributed by atoms with Crippen LogP contribution in [0.5, 0.6) is 5.75 Å². The Kier molecular flexibility index (Phi) is 4.80. The molecule has 0 bridgehead atoms. The van der Waals surface area contributed by atoms with Crippen LogP contribution in [-0.4, -0.2) is 53.6 Å². The summed E-state index contributed by atoms with van der Waals surface area (Å²) in [6.45, 7) is -0.869. The molecule has 2 aromatic rings. The van der Waals surface area contributed by atoms with Crippen LogP contribution in [0.3, 0.4) is 0 Å². The molecule has 1 aliphatic carbocycles. The minimum atomic E-state index is -3.62. The lowest BCUT2D eigenvalue weighted by Crippen LogP contribution is -2.46. The number of aromatic carboxylic acids is 1. The average molecular weight is 429 g/mol. The molecule has 1 amide bonds. The van der Waals surface area contributed by atoms with Crippen molar-refractivity contribution < 1.29 is 28.2 Å². The number of halogens is 2. The highest BCUT2D eigenvalue weighted by Gasteiger charge is 2.48. The summed E-state index contributed by atoms with van der Waals surface area (Å²) in [6, 6.07) is 4.19. The normalized spacial score (nSPS) is 16.8. The van der Waals surface area contributed by atoms with Crippen LogP contribution in [0, 0.1) is 0 Å². The third kappa shape index (κ3) is 3.54. The van der Waals surface area contributed by atoms with Gasteiger partial charge in [0.15, 0.2) is 5.82 Å². The maximum absolute atomic E-state index is 14.5. The van der Waals surface area contributed by atoms with Crippen molar-refractivity contribution in [3.63, 3.8) is 0 Å². The maximum Gasteiger partial charge on any atom is 0.342 e. The molecule has 0 spiro atoms. The van der Waals surface area contributed by atoms with Crippen LogP contribution in [0.1, 0.15) is 10.4 Å². The van der Waals surface area contributed by atoms with E-state index in [1.807, 2.05) is 0 Å². The molecule has 0 saturated carbocycles. The van der Waals surface area contributed by atoms with Gasteiger partial charge < -0.3 is 25.0 Å². The summed E-state index contributed by atoms with van der Waals surface area (Å²) < 4.78 is 34.2. The van der Waals surface area contributed by atoms with Gasteiger partial charge >= 0.3 is 11.9 Å². The number of carbonyl (C=O) groups is 2. The Hall–Kier alpha value is -4.02. The average Bonchev–Trinajstić information content (AvgIpc) is 2.76. The van der Waals surface area contributed by atoms with Gasteiger partial charge in [0.05, 0.1) is 31.1 Å². The third-order valence-corrected chi connectivity index (χ3v) is 4.88. The molecule has 2 N–H and O–H groups in total. The number of benzene rings is 1. The molecular weight excluding hydrogens is 412 g/mol. The molecule has 2 heterocycles. The number of aromatic nitrogens is 2. The second-order valence-corrected chi connectivity index (χ2v) is 6.85. The number of nitrogens with one attached hydrogen (secondary N) is 1. The number of allylic oxidation sites excluding steroid dienone is 3. The number of hydrogen-bond donors (Lipinski definition) is 2. The predicted molar refractivity (Wildman–Crippen MR) is 108 cm³/mol. The largest absolute Gasteiger partial charge is 0.495 e. The van der Waals surface area contributed by atoms with E-state index in [-0.39, 0.29) is 28.8 Å². The number of amides is 1. The molecule has 1 aromatic carbocycles. The number of anilines is 4. The van der Waals surface area contributed by atoms with Gasteiger partial charge in [-0.15, -0.1) is 0 Å². The zero-order valence-corrected chi connectivity index (χ0v) is 16.5. The smallest absolute Gasteiger partial charge is 0.342 e. The Labute approximate surface area is 175 Å². The van der Waals surface area contributed by atoms with Gasteiger partial charge in [-0.2, -0.15) is 13.8 Å². The van der Waals surface area contributed by atoms with Crippen LogP contribution in [0.25, 0.3) is 0 Å². The summed E-state index contributed by atoms with van der Waals surface area (Å²) in [5.74, 6) is -5.67. The maximum atomic E-state index is 14.5. The van der Waals surface area contributed by atoms with Gasteiger partial charge in [0.2, 0.25) is 5.95 Å². The van der Waals surface area contributed by atoms with E-state index in [0.29, 0.717) is 11.4 Å². The van der Waals surface area contributed by atoms with E-state index in [1.54, 1.807) is 18.2 Å².